The topological polar surface area (TPSA) is 29.5 Å². The van der Waals surface area contributed by atoms with Crippen molar-refractivity contribution in [1.29, 1.82) is 0 Å². The van der Waals surface area contributed by atoms with E-state index < -0.39 is 0 Å². The highest BCUT2D eigenvalue weighted by molar-refractivity contribution is 5.02. The fourth-order valence-electron chi connectivity index (χ4n) is 9.81. The molecular weight excluding hydrogens is 368 g/mol. The molecule has 0 spiro atoms. The molecular formula is C28H46O2. The summed E-state index contributed by atoms with van der Waals surface area (Å²) in [5.41, 5.74) is 0. The first-order chi connectivity index (χ1) is 14.8. The van der Waals surface area contributed by atoms with E-state index in [0.29, 0.717) is 12.2 Å². The van der Waals surface area contributed by atoms with Gasteiger partial charge in [-0.3, -0.25) is 0 Å². The molecule has 1 saturated heterocycles. The Kier molecular flexibility index (Phi) is 5.95. The van der Waals surface area contributed by atoms with Gasteiger partial charge in [0.2, 0.25) is 0 Å². The van der Waals surface area contributed by atoms with Crippen LogP contribution in [-0.4, -0.2) is 23.4 Å². The van der Waals surface area contributed by atoms with Crippen molar-refractivity contribution in [2.24, 2.45) is 47.3 Å². The summed E-state index contributed by atoms with van der Waals surface area (Å²) in [5, 5.41) is 9.97. The summed E-state index contributed by atoms with van der Waals surface area (Å²) in [6, 6.07) is 0. The van der Waals surface area contributed by atoms with Gasteiger partial charge in [0.05, 0.1) is 18.3 Å². The zero-order chi connectivity index (χ0) is 20.1. The number of aliphatic hydroxyl groups is 1. The molecule has 6 aliphatic rings. The normalized spacial score (nSPS) is 53.7. The summed E-state index contributed by atoms with van der Waals surface area (Å²) in [6.45, 7) is 0. The fraction of sp³-hybridized carbons (Fsp3) is 1.00. The summed E-state index contributed by atoms with van der Waals surface area (Å²) in [7, 11) is 0. The van der Waals surface area contributed by atoms with Crippen molar-refractivity contribution in [3.8, 4) is 0 Å². The van der Waals surface area contributed by atoms with E-state index in [9.17, 15) is 5.11 Å². The highest BCUT2D eigenvalue weighted by Gasteiger charge is 2.54. The van der Waals surface area contributed by atoms with Crippen LogP contribution in [0.1, 0.15) is 109 Å². The molecule has 170 valence electrons. The van der Waals surface area contributed by atoms with E-state index in [1.165, 1.54) is 96.3 Å². The molecule has 0 aromatic rings. The van der Waals surface area contributed by atoms with E-state index in [2.05, 4.69) is 0 Å². The van der Waals surface area contributed by atoms with Crippen LogP contribution in [0.5, 0.6) is 0 Å². The number of hydrogen-bond acceptors (Lipinski definition) is 2. The zero-order valence-electron chi connectivity index (χ0n) is 19.2. The minimum absolute atomic E-state index is 0.0135. The largest absolute Gasteiger partial charge is 0.393 e. The third-order valence-corrected chi connectivity index (χ3v) is 11.2. The van der Waals surface area contributed by atoms with Crippen LogP contribution in [0, 0.1) is 47.3 Å². The van der Waals surface area contributed by atoms with Crippen LogP contribution < -0.4 is 0 Å². The van der Waals surface area contributed by atoms with Crippen LogP contribution >= 0.6 is 0 Å². The van der Waals surface area contributed by atoms with E-state index in [4.69, 9.17) is 4.74 Å². The van der Waals surface area contributed by atoms with E-state index >= 15 is 0 Å². The lowest BCUT2D eigenvalue weighted by atomic mass is 9.54. The van der Waals surface area contributed by atoms with Gasteiger partial charge in [0.25, 0.3) is 0 Å². The molecule has 6 rings (SSSR count). The van der Waals surface area contributed by atoms with Gasteiger partial charge in [-0.05, 0) is 118 Å². The number of fused-ring (bicyclic) bond motifs is 6. The quantitative estimate of drug-likeness (QED) is 0.542. The monoisotopic (exact) mass is 414 g/mol. The minimum atomic E-state index is -0.0135. The van der Waals surface area contributed by atoms with Gasteiger partial charge in [-0.2, -0.15) is 0 Å². The van der Waals surface area contributed by atoms with Gasteiger partial charge in [0, 0.05) is 0 Å². The highest BCUT2D eigenvalue weighted by atomic mass is 16.5. The van der Waals surface area contributed by atoms with Gasteiger partial charge in [0.1, 0.15) is 0 Å². The smallest absolute Gasteiger partial charge is 0.0638 e. The Morgan fingerprint density at radius 1 is 0.600 bits per heavy atom. The van der Waals surface area contributed by atoms with Crippen LogP contribution in [0.3, 0.4) is 0 Å². The summed E-state index contributed by atoms with van der Waals surface area (Å²) >= 11 is 0. The molecule has 0 amide bonds. The predicted octanol–water partition coefficient (Wildman–Crippen LogP) is 6.74. The summed E-state index contributed by atoms with van der Waals surface area (Å²) in [6.07, 6.45) is 25.0. The number of aliphatic hydroxyl groups excluding tert-OH is 1. The van der Waals surface area contributed by atoms with Gasteiger partial charge in [0.15, 0.2) is 0 Å². The van der Waals surface area contributed by atoms with Crippen LogP contribution in [0.2, 0.25) is 0 Å². The van der Waals surface area contributed by atoms with Crippen molar-refractivity contribution in [2.75, 3.05) is 0 Å². The SMILES string of the molecule is OC1CCC(CC2CC3CCCCC3C3CC4C(CCC5CCCCC54)OC23)CC1. The van der Waals surface area contributed by atoms with Gasteiger partial charge in [-0.15, -0.1) is 0 Å². The maximum absolute atomic E-state index is 9.97. The summed E-state index contributed by atoms with van der Waals surface area (Å²) in [5.74, 6) is 7.48. The molecule has 5 saturated carbocycles. The lowest BCUT2D eigenvalue weighted by molar-refractivity contribution is -0.211. The molecule has 0 aromatic carbocycles. The molecule has 9 atom stereocenters. The highest BCUT2D eigenvalue weighted by Crippen LogP contribution is 2.57. The lowest BCUT2D eigenvalue weighted by Crippen LogP contribution is -2.56. The molecule has 1 N–H and O–H groups in total. The third-order valence-electron chi connectivity index (χ3n) is 11.2. The lowest BCUT2D eigenvalue weighted by Gasteiger charge is -2.58. The Hall–Kier alpha value is -0.0800. The number of ether oxygens (including phenoxy) is 1. The molecule has 6 fully saturated rings. The van der Waals surface area contributed by atoms with Gasteiger partial charge in [-0.25, -0.2) is 0 Å². The molecule has 30 heavy (non-hydrogen) atoms. The second kappa shape index (κ2) is 8.69. The van der Waals surface area contributed by atoms with E-state index in [1.807, 2.05) is 0 Å². The average molecular weight is 415 g/mol. The van der Waals surface area contributed by atoms with Crippen molar-refractivity contribution in [1.82, 2.24) is 0 Å². The van der Waals surface area contributed by atoms with Crippen LogP contribution in [0.25, 0.3) is 0 Å². The first-order valence-corrected chi connectivity index (χ1v) is 14.1. The Bertz CT molecular complexity index is 581. The first kappa shape index (κ1) is 20.5. The second-order valence-corrected chi connectivity index (χ2v) is 12.6. The van der Waals surface area contributed by atoms with Crippen LogP contribution in [-0.2, 0) is 4.74 Å². The molecule has 1 aliphatic heterocycles. The maximum Gasteiger partial charge on any atom is 0.0638 e. The van der Waals surface area contributed by atoms with E-state index in [1.54, 1.807) is 0 Å². The van der Waals surface area contributed by atoms with E-state index in [-0.39, 0.29) is 6.10 Å². The van der Waals surface area contributed by atoms with Crippen molar-refractivity contribution in [2.45, 2.75) is 127 Å². The molecule has 1 heterocycles. The average Bonchev–Trinajstić information content (AvgIpc) is 2.79. The second-order valence-electron chi connectivity index (χ2n) is 12.6. The molecule has 0 radical (unpaired) electrons. The third kappa shape index (κ3) is 3.81. The Morgan fingerprint density at radius 2 is 1.30 bits per heavy atom. The molecule has 2 nitrogen and oxygen atoms in total. The van der Waals surface area contributed by atoms with Crippen molar-refractivity contribution in [3.05, 3.63) is 0 Å². The first-order valence-electron chi connectivity index (χ1n) is 14.1. The standard InChI is InChI=1S/C28H46O2/c29-22-12-9-18(10-13-22)15-21-16-20-6-2-4-8-24(20)26-17-25-23-7-3-1-5-19(23)11-14-27(25)30-28(21)26/h18-29H,1-17H2. The van der Waals surface area contributed by atoms with Crippen molar-refractivity contribution in [3.63, 3.8) is 0 Å². The Balaban J connectivity index is 1.21. The van der Waals surface area contributed by atoms with Gasteiger partial charge < -0.3 is 9.84 Å². The summed E-state index contributed by atoms with van der Waals surface area (Å²) < 4.78 is 7.22. The van der Waals surface area contributed by atoms with Gasteiger partial charge in [-0.1, -0.05) is 38.5 Å². The van der Waals surface area contributed by atoms with E-state index in [0.717, 1.165) is 60.2 Å². The predicted molar refractivity (Wildman–Crippen MR) is 121 cm³/mol. The molecule has 0 aromatic heterocycles. The Labute approximate surface area is 184 Å². The molecule has 0 bridgehead atoms. The van der Waals surface area contributed by atoms with Crippen molar-refractivity contribution < 1.29 is 9.84 Å². The zero-order valence-corrected chi connectivity index (χ0v) is 19.2. The van der Waals surface area contributed by atoms with Crippen molar-refractivity contribution >= 4 is 0 Å². The fourth-order valence-corrected chi connectivity index (χ4v) is 9.81. The van der Waals surface area contributed by atoms with Gasteiger partial charge >= 0.3 is 0 Å². The maximum atomic E-state index is 9.97. The minimum Gasteiger partial charge on any atom is -0.393 e. The van der Waals surface area contributed by atoms with Crippen LogP contribution in [0.4, 0.5) is 0 Å². The molecule has 5 aliphatic carbocycles. The molecule has 9 unspecified atom stereocenters. The molecule has 2 heteroatoms. The number of hydrogen-bond donors (Lipinski definition) is 1. The number of rotatable bonds is 2. The summed E-state index contributed by atoms with van der Waals surface area (Å²) in [4.78, 5) is 0. The van der Waals surface area contributed by atoms with Crippen LogP contribution in [0.15, 0.2) is 0 Å². The Morgan fingerprint density at radius 3 is 2.10 bits per heavy atom.